The normalized spacial score (nSPS) is 21.6. The number of amides is 7. The Morgan fingerprint density at radius 1 is 0.694 bits per heavy atom. The van der Waals surface area contributed by atoms with Crippen molar-refractivity contribution in [2.24, 2.45) is 22.2 Å². The first-order valence-electron chi connectivity index (χ1n) is 20.5. The smallest absolute Gasteiger partial charge is 0.243 e. The maximum atomic E-state index is 14.4. The standard InChI is InChI=1S/C42H55N13O7/c43-37(58)30-15-16-35(56)47-17-7-6-14-36(57)51-34(21-27-23-46-24-50-27)41(62)54-32(19-25-9-2-1-3-10-25)39(60)53-31(13-8-18-48-42(44)45)38(59)55-33(40(61)52-30)20-26-22-49-29-12-5-4-11-28(26)29/h1-5,9-12,22-24,30-34,49H,6-8,13-21H2,(H2,43,58)(H,46,50)(H,47,56)(H,51,57)(H,52,61)(H,53,60)(H,54,62)(H,55,59)(H4,44,45,48)/t30-,31-,32+,33-,34-/m0/s1. The van der Waals surface area contributed by atoms with Crippen LogP contribution in [0.2, 0.25) is 0 Å². The number of fused-ring (bicyclic) bond motifs is 1. The highest BCUT2D eigenvalue weighted by Gasteiger charge is 2.33. The molecule has 1 fully saturated rings. The van der Waals surface area contributed by atoms with Gasteiger partial charge in [-0.15, -0.1) is 0 Å². The van der Waals surface area contributed by atoms with E-state index in [0.29, 0.717) is 29.7 Å². The number of carbonyl (C=O) groups excluding carboxylic acids is 7. The van der Waals surface area contributed by atoms with Crippen LogP contribution in [0.4, 0.5) is 0 Å². The summed E-state index contributed by atoms with van der Waals surface area (Å²) in [6.07, 6.45) is 5.40. The Bertz CT molecular complexity index is 2190. The zero-order chi connectivity index (χ0) is 44.4. The predicted molar refractivity (Wildman–Crippen MR) is 229 cm³/mol. The largest absolute Gasteiger partial charge is 0.370 e. The SMILES string of the molecule is NC(=O)[C@@H]1CCC(=O)NCCCCC(=O)N[C@@H](Cc2cnc[nH]2)C(=O)N[C@H](Cc2ccccc2)C(=O)N[C@@H](CCCN=C(N)N)C(=O)N[C@@H](Cc2c[nH]c3ccccc23)C(=O)N1. The molecule has 1 aliphatic heterocycles. The summed E-state index contributed by atoms with van der Waals surface area (Å²) >= 11 is 0. The fourth-order valence-electron chi connectivity index (χ4n) is 7.03. The van der Waals surface area contributed by atoms with Crippen LogP contribution in [0.3, 0.4) is 0 Å². The van der Waals surface area contributed by atoms with Crippen LogP contribution in [0.25, 0.3) is 10.9 Å². The number of nitrogens with two attached hydrogens (primary N) is 3. The summed E-state index contributed by atoms with van der Waals surface area (Å²) in [4.78, 5) is 110. The second-order valence-corrected chi connectivity index (χ2v) is 15.1. The topological polar surface area (TPSA) is 327 Å². The lowest BCUT2D eigenvalue weighted by Gasteiger charge is -2.27. The fraction of sp³-hybridized carbons (Fsp3) is 0.405. The highest BCUT2D eigenvalue weighted by Crippen LogP contribution is 2.20. The maximum Gasteiger partial charge on any atom is 0.243 e. The number of aliphatic imine (C=N–C) groups is 1. The van der Waals surface area contributed by atoms with E-state index in [4.69, 9.17) is 17.2 Å². The first kappa shape index (κ1) is 45.8. The molecule has 2 aromatic heterocycles. The van der Waals surface area contributed by atoms with E-state index < -0.39 is 71.6 Å². The average molecular weight is 854 g/mol. The van der Waals surface area contributed by atoms with Crippen molar-refractivity contribution in [1.82, 2.24) is 46.9 Å². The molecule has 0 saturated carbocycles. The number of hydrogen-bond donors (Lipinski definition) is 11. The van der Waals surface area contributed by atoms with Crippen molar-refractivity contribution in [3.8, 4) is 0 Å². The van der Waals surface area contributed by atoms with Gasteiger partial charge < -0.3 is 59.1 Å². The second kappa shape index (κ2) is 22.9. The molecule has 0 spiro atoms. The average Bonchev–Trinajstić information content (AvgIpc) is 3.92. The summed E-state index contributed by atoms with van der Waals surface area (Å²) in [5.41, 5.74) is 19.5. The molecule has 1 saturated heterocycles. The molecular weight excluding hydrogens is 799 g/mol. The number of benzene rings is 2. The molecule has 330 valence electrons. The molecule has 0 bridgehead atoms. The monoisotopic (exact) mass is 853 g/mol. The molecule has 4 aromatic rings. The number of nitrogens with zero attached hydrogens (tertiary/aromatic N) is 2. The molecule has 20 heteroatoms. The quantitative estimate of drug-likeness (QED) is 0.0495. The number of H-pyrrole nitrogens is 2. The Morgan fingerprint density at radius 3 is 2.06 bits per heavy atom. The molecule has 2 aromatic carbocycles. The number of guanidine groups is 1. The number of rotatable bonds is 11. The molecule has 5 rings (SSSR count). The zero-order valence-electron chi connectivity index (χ0n) is 34.3. The molecule has 62 heavy (non-hydrogen) atoms. The molecule has 5 atom stereocenters. The summed E-state index contributed by atoms with van der Waals surface area (Å²) in [5, 5.41) is 17.3. The van der Waals surface area contributed by atoms with Crippen LogP contribution < -0.4 is 49.1 Å². The number of aromatic amines is 2. The van der Waals surface area contributed by atoms with E-state index in [1.54, 1.807) is 36.5 Å². The number of nitrogens with one attached hydrogen (secondary N) is 8. The number of aromatic nitrogens is 3. The number of imidazole rings is 1. The van der Waals surface area contributed by atoms with Crippen molar-refractivity contribution in [2.75, 3.05) is 13.1 Å². The van der Waals surface area contributed by atoms with Crippen molar-refractivity contribution in [3.63, 3.8) is 0 Å². The van der Waals surface area contributed by atoms with Gasteiger partial charge in [-0.1, -0.05) is 48.5 Å². The molecule has 0 aliphatic carbocycles. The van der Waals surface area contributed by atoms with Crippen LogP contribution in [-0.4, -0.2) is 106 Å². The van der Waals surface area contributed by atoms with Crippen molar-refractivity contribution in [1.29, 1.82) is 0 Å². The van der Waals surface area contributed by atoms with Crippen LogP contribution in [0.5, 0.6) is 0 Å². The Kier molecular flexibility index (Phi) is 17.0. The molecule has 14 N–H and O–H groups in total. The van der Waals surface area contributed by atoms with Gasteiger partial charge in [0.25, 0.3) is 0 Å². The van der Waals surface area contributed by atoms with Gasteiger partial charge in [-0.05, 0) is 49.3 Å². The summed E-state index contributed by atoms with van der Waals surface area (Å²) in [7, 11) is 0. The molecule has 20 nitrogen and oxygen atoms in total. The Labute approximate surface area is 357 Å². The molecule has 0 unspecified atom stereocenters. The lowest BCUT2D eigenvalue weighted by molar-refractivity contribution is -0.135. The number of para-hydroxylation sites is 1. The highest BCUT2D eigenvalue weighted by atomic mass is 16.2. The van der Waals surface area contributed by atoms with E-state index in [2.05, 4.69) is 51.8 Å². The Balaban J connectivity index is 1.49. The minimum absolute atomic E-state index is 0.000684. The number of carbonyl (C=O) groups is 7. The van der Waals surface area contributed by atoms with Gasteiger partial charge in [0.2, 0.25) is 41.4 Å². The molecule has 3 heterocycles. The van der Waals surface area contributed by atoms with Gasteiger partial charge in [-0.3, -0.25) is 38.6 Å². The minimum Gasteiger partial charge on any atom is -0.370 e. The van der Waals surface area contributed by atoms with Crippen LogP contribution in [0, 0.1) is 0 Å². The molecular formula is C42H55N13O7. The predicted octanol–water partition coefficient (Wildman–Crippen LogP) is -1.04. The van der Waals surface area contributed by atoms with Crippen molar-refractivity contribution < 1.29 is 33.6 Å². The van der Waals surface area contributed by atoms with Gasteiger partial charge in [0.15, 0.2) is 5.96 Å². The first-order valence-corrected chi connectivity index (χ1v) is 20.5. The van der Waals surface area contributed by atoms with E-state index in [-0.39, 0.29) is 70.4 Å². The van der Waals surface area contributed by atoms with Crippen LogP contribution in [0.15, 0.2) is 78.3 Å². The maximum absolute atomic E-state index is 14.4. The summed E-state index contributed by atoms with van der Waals surface area (Å²) < 4.78 is 0. The molecule has 0 radical (unpaired) electrons. The van der Waals surface area contributed by atoms with Crippen molar-refractivity contribution in [2.45, 2.75) is 94.4 Å². The molecule has 1 aliphatic rings. The van der Waals surface area contributed by atoms with Crippen LogP contribution >= 0.6 is 0 Å². The van der Waals surface area contributed by atoms with Gasteiger partial charge in [0.05, 0.1) is 6.33 Å². The van der Waals surface area contributed by atoms with E-state index >= 15 is 0 Å². The number of hydrogen-bond acceptors (Lipinski definition) is 9. The summed E-state index contributed by atoms with van der Waals surface area (Å²) in [6.45, 7) is 0.328. The third-order valence-corrected chi connectivity index (χ3v) is 10.3. The van der Waals surface area contributed by atoms with E-state index in [1.165, 1.54) is 12.5 Å². The lowest BCUT2D eigenvalue weighted by Crippen LogP contribution is -2.60. The van der Waals surface area contributed by atoms with Gasteiger partial charge in [0.1, 0.15) is 30.2 Å². The first-order chi connectivity index (χ1) is 29.9. The third kappa shape index (κ3) is 14.2. The third-order valence-electron chi connectivity index (χ3n) is 10.3. The minimum atomic E-state index is -1.30. The van der Waals surface area contributed by atoms with Gasteiger partial charge in [-0.2, -0.15) is 0 Å². The van der Waals surface area contributed by atoms with E-state index in [1.807, 2.05) is 24.3 Å². The Hall–Kier alpha value is -7.25. The van der Waals surface area contributed by atoms with E-state index in [9.17, 15) is 33.6 Å². The fourth-order valence-corrected chi connectivity index (χ4v) is 7.03. The second-order valence-electron chi connectivity index (χ2n) is 15.1. The van der Waals surface area contributed by atoms with Crippen LogP contribution in [0.1, 0.15) is 61.8 Å². The number of primary amides is 1. The zero-order valence-corrected chi connectivity index (χ0v) is 34.3. The summed E-state index contributed by atoms with van der Waals surface area (Å²) in [6, 6.07) is 10.1. The van der Waals surface area contributed by atoms with Gasteiger partial charge in [0, 0.05) is 74.2 Å². The van der Waals surface area contributed by atoms with Crippen molar-refractivity contribution >= 4 is 58.2 Å². The van der Waals surface area contributed by atoms with Crippen molar-refractivity contribution in [3.05, 3.63) is 90.1 Å². The lowest BCUT2D eigenvalue weighted by atomic mass is 10.0. The highest BCUT2D eigenvalue weighted by molar-refractivity contribution is 5.97. The van der Waals surface area contributed by atoms with E-state index in [0.717, 1.165) is 10.9 Å². The van der Waals surface area contributed by atoms with Crippen LogP contribution in [-0.2, 0) is 52.8 Å². The Morgan fingerprint density at radius 2 is 1.35 bits per heavy atom. The van der Waals surface area contributed by atoms with Gasteiger partial charge >= 0.3 is 0 Å². The van der Waals surface area contributed by atoms with Gasteiger partial charge in [-0.25, -0.2) is 4.98 Å². The summed E-state index contributed by atoms with van der Waals surface area (Å²) in [5.74, 6) is -4.80. The molecule has 7 amide bonds.